The molecule has 4 N–H and O–H groups in total. The van der Waals surface area contributed by atoms with E-state index in [-0.39, 0.29) is 35.5 Å². The number of nitrogens with two attached hydrogens (primary N) is 2. The van der Waals surface area contributed by atoms with Crippen molar-refractivity contribution in [3.63, 3.8) is 0 Å². The third-order valence-electron chi connectivity index (χ3n) is 6.21. The molecule has 0 radical (unpaired) electrons. The summed E-state index contributed by atoms with van der Waals surface area (Å²) in [6.45, 7) is 3.14. The third kappa shape index (κ3) is 2.99. The third-order valence-corrected chi connectivity index (χ3v) is 6.21. The maximum absolute atomic E-state index is 13.1. The van der Waals surface area contributed by atoms with Crippen LogP contribution in [0.1, 0.15) is 29.5 Å². The molecule has 1 aromatic carbocycles. The lowest BCUT2D eigenvalue weighted by molar-refractivity contribution is -0.385. The van der Waals surface area contributed by atoms with Crippen molar-refractivity contribution in [3.05, 3.63) is 45.0 Å². The van der Waals surface area contributed by atoms with E-state index in [4.69, 9.17) is 11.5 Å². The van der Waals surface area contributed by atoms with Gasteiger partial charge in [-0.2, -0.15) is 5.26 Å². The highest BCUT2D eigenvalue weighted by molar-refractivity contribution is 6.15. The number of aromatic nitrogens is 2. The van der Waals surface area contributed by atoms with Crippen LogP contribution in [0.3, 0.4) is 0 Å². The van der Waals surface area contributed by atoms with Gasteiger partial charge in [-0.1, -0.05) is 6.07 Å². The maximum Gasteiger partial charge on any atom is 0.274 e. The fourth-order valence-electron chi connectivity index (χ4n) is 4.67. The van der Waals surface area contributed by atoms with Crippen molar-refractivity contribution in [1.82, 2.24) is 9.97 Å². The van der Waals surface area contributed by atoms with E-state index in [2.05, 4.69) is 16.0 Å². The Balaban J connectivity index is 1.78. The molecule has 1 amide bonds. The maximum atomic E-state index is 13.1. The summed E-state index contributed by atoms with van der Waals surface area (Å²) in [5.74, 6) is 0.585. The molecule has 2 aliphatic rings. The number of carbonyl (C=O) groups is 1. The van der Waals surface area contributed by atoms with Gasteiger partial charge < -0.3 is 16.4 Å². The van der Waals surface area contributed by atoms with E-state index in [1.807, 2.05) is 4.90 Å². The number of pyridine rings is 2. The van der Waals surface area contributed by atoms with E-state index in [9.17, 15) is 20.2 Å². The van der Waals surface area contributed by atoms with E-state index in [0.29, 0.717) is 39.0 Å². The Morgan fingerprint density at radius 2 is 1.79 bits per heavy atom. The Hall–Kier alpha value is -4.46. The van der Waals surface area contributed by atoms with Gasteiger partial charge in [0.05, 0.1) is 22.4 Å². The zero-order chi connectivity index (χ0) is 23.4. The molecule has 3 aromatic rings. The minimum atomic E-state index is -0.495. The molecule has 0 bridgehead atoms. The quantitative estimate of drug-likeness (QED) is 0.455. The highest BCUT2D eigenvalue weighted by atomic mass is 16.6. The van der Waals surface area contributed by atoms with Crippen LogP contribution in [-0.2, 0) is 11.2 Å². The van der Waals surface area contributed by atoms with E-state index in [0.717, 1.165) is 25.9 Å². The van der Waals surface area contributed by atoms with E-state index in [1.54, 1.807) is 19.1 Å². The number of hydrogen-bond acceptors (Lipinski definition) is 9. The highest BCUT2D eigenvalue weighted by Crippen LogP contribution is 2.44. The first-order valence-corrected chi connectivity index (χ1v) is 10.5. The number of anilines is 5. The van der Waals surface area contributed by atoms with Crippen LogP contribution in [0.4, 0.5) is 34.6 Å². The first-order valence-electron chi connectivity index (χ1n) is 10.5. The SMILES string of the molecule is Cc1ccc(N2C(=O)Cc3c2nc(N)c2c(N)nc(N4CCCC4)c(C#N)c32)cc1[N+](=O)[O-]. The zero-order valence-corrected chi connectivity index (χ0v) is 17.8. The summed E-state index contributed by atoms with van der Waals surface area (Å²) in [6.07, 6.45) is 1.93. The van der Waals surface area contributed by atoms with Gasteiger partial charge in [0.15, 0.2) is 0 Å². The zero-order valence-electron chi connectivity index (χ0n) is 17.8. The lowest BCUT2D eigenvalue weighted by atomic mass is 10.0. The molecule has 5 rings (SSSR count). The molecule has 0 unspecified atom stereocenters. The van der Waals surface area contributed by atoms with E-state index < -0.39 is 4.92 Å². The number of nitro benzene ring substituents is 1. The first kappa shape index (κ1) is 20.4. The molecular formula is C22H20N8O3. The number of fused-ring (bicyclic) bond motifs is 3. The second kappa shape index (κ2) is 7.30. The molecule has 11 heteroatoms. The Kier molecular flexibility index (Phi) is 4.52. The molecular weight excluding hydrogens is 424 g/mol. The van der Waals surface area contributed by atoms with E-state index in [1.165, 1.54) is 11.0 Å². The minimum absolute atomic E-state index is 0.0412. The number of hydrogen-bond donors (Lipinski definition) is 2. The average Bonchev–Trinajstić information content (AvgIpc) is 3.41. The summed E-state index contributed by atoms with van der Waals surface area (Å²) < 4.78 is 0. The number of nitrogen functional groups attached to an aromatic ring is 2. The smallest absolute Gasteiger partial charge is 0.274 e. The van der Waals surface area contributed by atoms with Crippen molar-refractivity contribution in [1.29, 1.82) is 5.26 Å². The Morgan fingerprint density at radius 1 is 1.12 bits per heavy atom. The summed E-state index contributed by atoms with van der Waals surface area (Å²) >= 11 is 0. The van der Waals surface area contributed by atoms with Crippen LogP contribution in [0.2, 0.25) is 0 Å². The van der Waals surface area contributed by atoms with Crippen molar-refractivity contribution in [3.8, 4) is 6.07 Å². The van der Waals surface area contributed by atoms with Gasteiger partial charge in [0, 0.05) is 35.7 Å². The molecule has 2 aromatic heterocycles. The summed E-state index contributed by atoms with van der Waals surface area (Å²) in [6, 6.07) is 6.78. The van der Waals surface area contributed by atoms with Gasteiger partial charge >= 0.3 is 0 Å². The van der Waals surface area contributed by atoms with Gasteiger partial charge in [0.2, 0.25) is 5.91 Å². The molecule has 33 heavy (non-hydrogen) atoms. The van der Waals surface area contributed by atoms with E-state index >= 15 is 0 Å². The van der Waals surface area contributed by atoms with Gasteiger partial charge in [-0.05, 0) is 25.8 Å². The van der Waals surface area contributed by atoms with Gasteiger partial charge in [-0.15, -0.1) is 0 Å². The van der Waals surface area contributed by atoms with Crippen LogP contribution in [0.15, 0.2) is 18.2 Å². The number of nitrogens with zero attached hydrogens (tertiary/aromatic N) is 6. The summed E-state index contributed by atoms with van der Waals surface area (Å²) in [5.41, 5.74) is 14.0. The number of carbonyl (C=O) groups excluding carboxylic acids is 1. The number of benzene rings is 1. The fraction of sp³-hybridized carbons (Fsp3) is 0.273. The Bertz CT molecular complexity index is 1410. The predicted octanol–water partition coefficient (Wildman–Crippen LogP) is 2.70. The van der Waals surface area contributed by atoms with Gasteiger partial charge in [-0.25, -0.2) is 9.97 Å². The predicted molar refractivity (Wildman–Crippen MR) is 123 cm³/mol. The number of rotatable bonds is 3. The minimum Gasteiger partial charge on any atom is -0.383 e. The number of amides is 1. The van der Waals surface area contributed by atoms with Crippen LogP contribution in [0.25, 0.3) is 10.8 Å². The molecule has 11 nitrogen and oxygen atoms in total. The fourth-order valence-corrected chi connectivity index (χ4v) is 4.67. The molecule has 1 fully saturated rings. The summed E-state index contributed by atoms with van der Waals surface area (Å²) in [5, 5.41) is 22.3. The second-order valence-electron chi connectivity index (χ2n) is 8.18. The lowest BCUT2D eigenvalue weighted by Gasteiger charge is -2.22. The van der Waals surface area contributed by atoms with Gasteiger partial charge in [-0.3, -0.25) is 19.8 Å². The molecule has 2 aliphatic heterocycles. The van der Waals surface area contributed by atoms with Crippen LogP contribution in [-0.4, -0.2) is 33.9 Å². The molecule has 0 spiro atoms. The normalized spacial score (nSPS) is 15.2. The largest absolute Gasteiger partial charge is 0.383 e. The van der Waals surface area contributed by atoms with Crippen LogP contribution < -0.4 is 21.3 Å². The average molecular weight is 444 g/mol. The lowest BCUT2D eigenvalue weighted by Crippen LogP contribution is -2.22. The summed E-state index contributed by atoms with van der Waals surface area (Å²) in [7, 11) is 0. The van der Waals surface area contributed by atoms with Gasteiger partial charge in [0.1, 0.15) is 34.9 Å². The highest BCUT2D eigenvalue weighted by Gasteiger charge is 2.36. The number of aryl methyl sites for hydroxylation is 1. The van der Waals surface area contributed by atoms with Crippen molar-refractivity contribution >= 4 is 51.3 Å². The Labute approximate surface area is 188 Å². The molecule has 0 atom stereocenters. The molecule has 0 aliphatic carbocycles. The summed E-state index contributed by atoms with van der Waals surface area (Å²) in [4.78, 5) is 36.3. The first-order chi connectivity index (χ1) is 15.8. The standard InChI is InChI=1S/C22H20N8O3/c1-11-4-5-12(8-15(11)30(32)33)29-16(31)9-13-17-14(10-23)21(28-6-2-3-7-28)26-19(24)18(17)20(25)27-22(13)29/h4-5,8H,2-3,6-7,9H2,1H3,(H2,24,26)(H2,25,27). The molecule has 1 saturated heterocycles. The topological polar surface area (TPSA) is 168 Å². The molecule has 0 saturated carbocycles. The molecule has 166 valence electrons. The monoisotopic (exact) mass is 444 g/mol. The van der Waals surface area contributed by atoms with Crippen molar-refractivity contribution in [2.75, 3.05) is 34.4 Å². The van der Waals surface area contributed by atoms with Crippen molar-refractivity contribution in [2.24, 2.45) is 0 Å². The van der Waals surface area contributed by atoms with Crippen molar-refractivity contribution in [2.45, 2.75) is 26.2 Å². The van der Waals surface area contributed by atoms with Crippen LogP contribution in [0, 0.1) is 28.4 Å². The Morgan fingerprint density at radius 3 is 2.42 bits per heavy atom. The number of nitriles is 1. The second-order valence-corrected chi connectivity index (χ2v) is 8.18. The molecule has 4 heterocycles. The van der Waals surface area contributed by atoms with Gasteiger partial charge in [0.25, 0.3) is 5.69 Å². The van der Waals surface area contributed by atoms with Crippen LogP contribution in [0.5, 0.6) is 0 Å². The van der Waals surface area contributed by atoms with Crippen LogP contribution >= 0.6 is 0 Å². The van der Waals surface area contributed by atoms with Crippen molar-refractivity contribution < 1.29 is 9.72 Å². The number of nitro groups is 1.